The van der Waals surface area contributed by atoms with E-state index in [0.29, 0.717) is 10.2 Å². The van der Waals surface area contributed by atoms with Crippen LogP contribution in [0.1, 0.15) is 5.56 Å². The summed E-state index contributed by atoms with van der Waals surface area (Å²) in [7, 11) is -3.20. The third-order valence-corrected chi connectivity index (χ3v) is 8.13. The van der Waals surface area contributed by atoms with Gasteiger partial charge in [0.25, 0.3) is 5.91 Å². The lowest BCUT2D eigenvalue weighted by molar-refractivity contribution is -0.117. The number of sulfone groups is 1. The van der Waals surface area contributed by atoms with Crippen LogP contribution in [0.25, 0.3) is 0 Å². The predicted molar refractivity (Wildman–Crippen MR) is 110 cm³/mol. The van der Waals surface area contributed by atoms with Gasteiger partial charge < -0.3 is 4.90 Å². The van der Waals surface area contributed by atoms with E-state index in [1.807, 2.05) is 0 Å². The lowest BCUT2D eigenvalue weighted by Gasteiger charge is -2.24. The first-order valence-corrected chi connectivity index (χ1v) is 11.7. The Kier molecular flexibility index (Phi) is 5.20. The van der Waals surface area contributed by atoms with Crippen LogP contribution in [0.3, 0.4) is 0 Å². The molecule has 146 valence electrons. The van der Waals surface area contributed by atoms with Gasteiger partial charge >= 0.3 is 0 Å². The molecule has 0 saturated carbocycles. The van der Waals surface area contributed by atoms with Gasteiger partial charge in [0.1, 0.15) is 5.82 Å². The summed E-state index contributed by atoms with van der Waals surface area (Å²) in [5, 5.41) is 0.647. The fourth-order valence-corrected chi connectivity index (χ4v) is 7.47. The number of carbonyl (C=O) groups excluding carboxylic acids is 1. The summed E-state index contributed by atoms with van der Waals surface area (Å²) >= 11 is 7.08. The molecule has 2 heterocycles. The normalized spacial score (nSPS) is 24.5. The first kappa shape index (κ1) is 19.4. The van der Waals surface area contributed by atoms with Crippen LogP contribution in [0.5, 0.6) is 0 Å². The monoisotopic (exact) mass is 438 g/mol. The number of para-hydroxylation sites is 1. The van der Waals surface area contributed by atoms with E-state index in [1.54, 1.807) is 47.4 Å². The van der Waals surface area contributed by atoms with Crippen LogP contribution in [-0.4, -0.2) is 42.3 Å². The highest BCUT2D eigenvalue weighted by molar-refractivity contribution is 8.16. The van der Waals surface area contributed by atoms with E-state index >= 15 is 0 Å². The molecule has 2 aromatic rings. The Morgan fingerprint density at radius 3 is 2.61 bits per heavy atom. The predicted octanol–water partition coefficient (Wildman–Crippen LogP) is 3.32. The van der Waals surface area contributed by atoms with E-state index in [-0.39, 0.29) is 34.8 Å². The zero-order chi connectivity index (χ0) is 19.9. The van der Waals surface area contributed by atoms with Crippen molar-refractivity contribution in [2.24, 2.45) is 4.99 Å². The zero-order valence-electron chi connectivity index (χ0n) is 14.6. The van der Waals surface area contributed by atoms with E-state index in [9.17, 15) is 17.6 Å². The standard InChI is InChI=1S/C19H16ClFN2O3S2/c20-13-7-5-12(6-8-13)9-18(24)22-19-23(15-4-2-1-3-14(15)21)16-10-28(25,26)11-17(16)27-19/h1-8,16-17H,9-11H2/t16-,17+/m0/s1. The first-order valence-electron chi connectivity index (χ1n) is 8.59. The molecule has 0 aliphatic carbocycles. The van der Waals surface area contributed by atoms with Gasteiger partial charge in [0.2, 0.25) is 0 Å². The van der Waals surface area contributed by atoms with Crippen LogP contribution >= 0.6 is 23.4 Å². The summed E-state index contributed by atoms with van der Waals surface area (Å²) in [5.74, 6) is -0.943. The molecule has 4 rings (SSSR count). The molecule has 2 atom stereocenters. The maximum Gasteiger partial charge on any atom is 0.252 e. The highest BCUT2D eigenvalue weighted by atomic mass is 35.5. The van der Waals surface area contributed by atoms with E-state index in [0.717, 1.165) is 5.56 Å². The van der Waals surface area contributed by atoms with Gasteiger partial charge in [0.05, 0.1) is 29.7 Å². The van der Waals surface area contributed by atoms with Crippen LogP contribution in [0, 0.1) is 5.82 Å². The van der Waals surface area contributed by atoms with Gasteiger partial charge in [-0.15, -0.1) is 0 Å². The van der Waals surface area contributed by atoms with Gasteiger partial charge in [-0.3, -0.25) is 4.79 Å². The summed E-state index contributed by atoms with van der Waals surface area (Å²) in [6.45, 7) is 0. The maximum atomic E-state index is 14.4. The Morgan fingerprint density at radius 1 is 1.18 bits per heavy atom. The molecule has 2 aliphatic heterocycles. The lowest BCUT2D eigenvalue weighted by Crippen LogP contribution is -2.38. The van der Waals surface area contributed by atoms with Crippen molar-refractivity contribution in [1.29, 1.82) is 0 Å². The Labute approximate surface area is 171 Å². The third kappa shape index (κ3) is 3.94. The number of anilines is 1. The lowest BCUT2D eigenvalue weighted by atomic mass is 10.1. The molecule has 2 aliphatic rings. The number of benzene rings is 2. The molecular formula is C19H16ClFN2O3S2. The number of thioether (sulfide) groups is 1. The molecule has 2 aromatic carbocycles. The number of fused-ring (bicyclic) bond motifs is 1. The molecule has 2 fully saturated rings. The Balaban J connectivity index is 1.65. The van der Waals surface area contributed by atoms with Crippen molar-refractivity contribution >= 4 is 50.0 Å². The molecule has 1 amide bonds. The van der Waals surface area contributed by atoms with Crippen molar-refractivity contribution in [3.63, 3.8) is 0 Å². The van der Waals surface area contributed by atoms with Crippen molar-refractivity contribution < 1.29 is 17.6 Å². The average Bonchev–Trinajstić information content (AvgIpc) is 3.08. The Bertz CT molecular complexity index is 1060. The van der Waals surface area contributed by atoms with Gasteiger partial charge in [-0.2, -0.15) is 4.99 Å². The quantitative estimate of drug-likeness (QED) is 0.735. The van der Waals surface area contributed by atoms with Crippen LogP contribution < -0.4 is 4.90 Å². The van der Waals surface area contributed by atoms with E-state index in [2.05, 4.69) is 4.99 Å². The fraction of sp³-hybridized carbons (Fsp3) is 0.263. The topological polar surface area (TPSA) is 66.8 Å². The maximum absolute atomic E-state index is 14.4. The molecule has 0 unspecified atom stereocenters. The van der Waals surface area contributed by atoms with Crippen LogP contribution in [0.2, 0.25) is 5.02 Å². The minimum Gasteiger partial charge on any atom is -0.313 e. The smallest absolute Gasteiger partial charge is 0.252 e. The molecular weight excluding hydrogens is 423 g/mol. The second-order valence-electron chi connectivity index (χ2n) is 6.71. The molecule has 9 heteroatoms. The number of nitrogens with zero attached hydrogens (tertiary/aromatic N) is 2. The Morgan fingerprint density at radius 2 is 1.89 bits per heavy atom. The summed E-state index contributed by atoms with van der Waals surface area (Å²) < 4.78 is 38.5. The first-order chi connectivity index (χ1) is 13.3. The van der Waals surface area contributed by atoms with Crippen LogP contribution in [0.15, 0.2) is 53.5 Å². The summed E-state index contributed by atoms with van der Waals surface area (Å²) in [5.41, 5.74) is 1.000. The van der Waals surface area contributed by atoms with E-state index in [4.69, 9.17) is 11.6 Å². The molecule has 28 heavy (non-hydrogen) atoms. The van der Waals surface area contributed by atoms with Crippen LogP contribution in [-0.2, 0) is 21.1 Å². The summed E-state index contributed by atoms with van der Waals surface area (Å²) in [6, 6.07) is 12.6. The average molecular weight is 439 g/mol. The fourth-order valence-electron chi connectivity index (χ4n) is 3.42. The Hall–Kier alpha value is -1.90. The molecule has 0 N–H and O–H groups in total. The molecule has 0 aromatic heterocycles. The second kappa shape index (κ2) is 7.50. The number of carbonyl (C=O) groups is 1. The number of hydrogen-bond acceptors (Lipinski definition) is 4. The third-order valence-electron chi connectivity index (χ3n) is 4.67. The SMILES string of the molecule is O=C(Cc1ccc(Cl)cc1)N=C1S[C@@H]2CS(=O)(=O)C[C@@H]2N1c1ccccc1F. The van der Waals surface area contributed by atoms with Gasteiger partial charge in [-0.05, 0) is 29.8 Å². The number of halogens is 2. The second-order valence-corrected chi connectivity index (χ2v) is 10.5. The van der Waals surface area contributed by atoms with Gasteiger partial charge in [-0.25, -0.2) is 12.8 Å². The van der Waals surface area contributed by atoms with Crippen molar-refractivity contribution in [2.75, 3.05) is 16.4 Å². The summed E-state index contributed by atoms with van der Waals surface area (Å²) in [4.78, 5) is 18.2. The highest BCUT2D eigenvalue weighted by Gasteiger charge is 2.49. The van der Waals surface area contributed by atoms with Crippen molar-refractivity contribution in [1.82, 2.24) is 0 Å². The molecule has 5 nitrogen and oxygen atoms in total. The number of aliphatic imine (C=N–C) groups is 1. The molecule has 2 saturated heterocycles. The molecule has 0 bridgehead atoms. The molecule has 0 radical (unpaired) electrons. The van der Waals surface area contributed by atoms with Crippen molar-refractivity contribution in [3.8, 4) is 0 Å². The van der Waals surface area contributed by atoms with E-state index < -0.39 is 21.7 Å². The highest BCUT2D eigenvalue weighted by Crippen LogP contribution is 2.41. The zero-order valence-corrected chi connectivity index (χ0v) is 17.0. The number of rotatable bonds is 3. The summed E-state index contributed by atoms with van der Waals surface area (Å²) in [6.07, 6.45) is 0.0833. The number of hydrogen-bond donors (Lipinski definition) is 0. The number of amidine groups is 1. The minimum absolute atomic E-state index is 0.00230. The van der Waals surface area contributed by atoms with Crippen LogP contribution in [0.4, 0.5) is 10.1 Å². The number of amides is 1. The minimum atomic E-state index is -3.20. The largest absolute Gasteiger partial charge is 0.313 e. The van der Waals surface area contributed by atoms with Gasteiger partial charge in [0, 0.05) is 10.3 Å². The van der Waals surface area contributed by atoms with E-state index in [1.165, 1.54) is 17.8 Å². The van der Waals surface area contributed by atoms with Crippen molar-refractivity contribution in [3.05, 3.63) is 64.9 Å². The molecule has 0 spiro atoms. The van der Waals surface area contributed by atoms with Crippen molar-refractivity contribution in [2.45, 2.75) is 17.7 Å². The van der Waals surface area contributed by atoms with Gasteiger partial charge in [-0.1, -0.05) is 47.6 Å². The van der Waals surface area contributed by atoms with Gasteiger partial charge in [0.15, 0.2) is 15.0 Å².